The standard InChI is InChI=1S/C20H33N/c1-4-7-17-10-14-19(15-11-17)20(21-6-3)18-12-8-16(5-2)9-13-18/h10-11,14-16,18,20-21H,4-9,12-13H2,1-3H3. The van der Waals surface area contributed by atoms with E-state index in [0.717, 1.165) is 18.4 Å². The number of hydrogen-bond acceptors (Lipinski definition) is 1. The lowest BCUT2D eigenvalue weighted by Crippen LogP contribution is -2.31. The molecule has 1 aromatic rings. The summed E-state index contributed by atoms with van der Waals surface area (Å²) in [6.45, 7) is 7.89. The molecule has 1 N–H and O–H groups in total. The summed E-state index contributed by atoms with van der Waals surface area (Å²) in [5.74, 6) is 1.81. The topological polar surface area (TPSA) is 12.0 Å². The highest BCUT2D eigenvalue weighted by molar-refractivity contribution is 5.26. The minimum Gasteiger partial charge on any atom is -0.310 e. The van der Waals surface area contributed by atoms with E-state index in [0.29, 0.717) is 6.04 Å². The van der Waals surface area contributed by atoms with E-state index >= 15 is 0 Å². The summed E-state index contributed by atoms with van der Waals surface area (Å²) in [5.41, 5.74) is 2.97. The van der Waals surface area contributed by atoms with Crippen LogP contribution in [0.2, 0.25) is 0 Å². The van der Waals surface area contributed by atoms with E-state index in [1.807, 2.05) is 0 Å². The second-order valence-corrected chi connectivity index (χ2v) is 6.72. The van der Waals surface area contributed by atoms with Crippen LogP contribution in [0.3, 0.4) is 0 Å². The molecule has 118 valence electrons. The van der Waals surface area contributed by atoms with E-state index in [-0.39, 0.29) is 0 Å². The van der Waals surface area contributed by atoms with Gasteiger partial charge in [0.05, 0.1) is 0 Å². The van der Waals surface area contributed by atoms with Crippen molar-refractivity contribution in [1.29, 1.82) is 0 Å². The number of hydrogen-bond donors (Lipinski definition) is 1. The molecule has 1 aromatic carbocycles. The fraction of sp³-hybridized carbons (Fsp3) is 0.700. The molecule has 0 bridgehead atoms. The molecular formula is C20H33N. The SMILES string of the molecule is CCCc1ccc(C(NCC)C2CCC(CC)CC2)cc1. The first-order valence-electron chi connectivity index (χ1n) is 9.10. The molecule has 1 nitrogen and oxygen atoms in total. The normalized spacial score (nSPS) is 24.0. The minimum absolute atomic E-state index is 0.559. The van der Waals surface area contributed by atoms with Gasteiger partial charge in [0.15, 0.2) is 0 Å². The zero-order chi connectivity index (χ0) is 15.1. The summed E-state index contributed by atoms with van der Waals surface area (Å²) in [7, 11) is 0. The third-order valence-corrected chi connectivity index (χ3v) is 5.24. The maximum Gasteiger partial charge on any atom is 0.0348 e. The van der Waals surface area contributed by atoms with Crippen molar-refractivity contribution < 1.29 is 0 Å². The van der Waals surface area contributed by atoms with Gasteiger partial charge in [0.25, 0.3) is 0 Å². The lowest BCUT2D eigenvalue weighted by Gasteiger charge is -2.34. The van der Waals surface area contributed by atoms with E-state index in [1.165, 1.54) is 56.1 Å². The molecule has 2 rings (SSSR count). The molecule has 0 saturated heterocycles. The predicted molar refractivity (Wildman–Crippen MR) is 92.6 cm³/mol. The van der Waals surface area contributed by atoms with Gasteiger partial charge in [-0.2, -0.15) is 0 Å². The smallest absolute Gasteiger partial charge is 0.0348 e. The van der Waals surface area contributed by atoms with Crippen LogP contribution in [-0.4, -0.2) is 6.54 Å². The Bertz CT molecular complexity index is 387. The lowest BCUT2D eigenvalue weighted by atomic mass is 9.76. The molecule has 1 heteroatoms. The first-order chi connectivity index (χ1) is 10.3. The van der Waals surface area contributed by atoms with Gasteiger partial charge >= 0.3 is 0 Å². The molecule has 0 aromatic heterocycles. The number of aryl methyl sites for hydroxylation is 1. The van der Waals surface area contributed by atoms with Gasteiger partial charge in [-0.05, 0) is 48.8 Å². The van der Waals surface area contributed by atoms with E-state index in [2.05, 4.69) is 50.4 Å². The molecule has 1 fully saturated rings. The quantitative estimate of drug-likeness (QED) is 0.697. The van der Waals surface area contributed by atoms with E-state index in [1.54, 1.807) is 0 Å². The highest BCUT2D eigenvalue weighted by Crippen LogP contribution is 2.38. The highest BCUT2D eigenvalue weighted by atomic mass is 14.9. The van der Waals surface area contributed by atoms with Crippen molar-refractivity contribution >= 4 is 0 Å². The van der Waals surface area contributed by atoms with Crippen molar-refractivity contribution in [3.63, 3.8) is 0 Å². The Labute approximate surface area is 131 Å². The molecule has 21 heavy (non-hydrogen) atoms. The molecule has 0 radical (unpaired) electrons. The molecule has 1 aliphatic rings. The average Bonchev–Trinajstić information content (AvgIpc) is 2.54. The largest absolute Gasteiger partial charge is 0.310 e. The summed E-state index contributed by atoms with van der Waals surface area (Å²) in [4.78, 5) is 0. The van der Waals surface area contributed by atoms with Crippen molar-refractivity contribution in [1.82, 2.24) is 5.32 Å². The molecule has 1 aliphatic carbocycles. The average molecular weight is 287 g/mol. The van der Waals surface area contributed by atoms with Gasteiger partial charge in [-0.15, -0.1) is 0 Å². The highest BCUT2D eigenvalue weighted by Gasteiger charge is 2.27. The van der Waals surface area contributed by atoms with E-state index < -0.39 is 0 Å². The Morgan fingerprint density at radius 2 is 1.67 bits per heavy atom. The molecule has 1 unspecified atom stereocenters. The summed E-state index contributed by atoms with van der Waals surface area (Å²) >= 11 is 0. The summed E-state index contributed by atoms with van der Waals surface area (Å²) in [5, 5.41) is 3.75. The van der Waals surface area contributed by atoms with Crippen LogP contribution >= 0.6 is 0 Å². The van der Waals surface area contributed by atoms with E-state index in [4.69, 9.17) is 0 Å². The second-order valence-electron chi connectivity index (χ2n) is 6.72. The van der Waals surface area contributed by atoms with Crippen LogP contribution in [0.5, 0.6) is 0 Å². The van der Waals surface area contributed by atoms with Crippen molar-refractivity contribution in [2.75, 3.05) is 6.54 Å². The van der Waals surface area contributed by atoms with E-state index in [9.17, 15) is 0 Å². The van der Waals surface area contributed by atoms with Crippen LogP contribution in [0.15, 0.2) is 24.3 Å². The fourth-order valence-electron chi connectivity index (χ4n) is 3.89. The summed E-state index contributed by atoms with van der Waals surface area (Å²) < 4.78 is 0. The fourth-order valence-corrected chi connectivity index (χ4v) is 3.89. The van der Waals surface area contributed by atoms with Crippen LogP contribution in [-0.2, 0) is 6.42 Å². The van der Waals surface area contributed by atoms with Gasteiger partial charge < -0.3 is 5.32 Å². The predicted octanol–water partition coefficient (Wildman–Crippen LogP) is 5.51. The summed E-state index contributed by atoms with van der Waals surface area (Å²) in [6.07, 6.45) is 9.45. The van der Waals surface area contributed by atoms with Crippen LogP contribution in [0.1, 0.15) is 76.5 Å². The number of nitrogens with one attached hydrogen (secondary N) is 1. The molecule has 1 saturated carbocycles. The maximum absolute atomic E-state index is 3.75. The van der Waals surface area contributed by atoms with Crippen LogP contribution in [0.4, 0.5) is 0 Å². The van der Waals surface area contributed by atoms with Crippen molar-refractivity contribution in [3.8, 4) is 0 Å². The maximum atomic E-state index is 3.75. The Kier molecular flexibility index (Phi) is 6.76. The molecule has 1 atom stereocenters. The van der Waals surface area contributed by atoms with Crippen LogP contribution in [0.25, 0.3) is 0 Å². The van der Waals surface area contributed by atoms with Crippen LogP contribution < -0.4 is 5.32 Å². The van der Waals surface area contributed by atoms with Gasteiger partial charge in [-0.25, -0.2) is 0 Å². The van der Waals surface area contributed by atoms with Gasteiger partial charge in [-0.3, -0.25) is 0 Å². The van der Waals surface area contributed by atoms with Crippen molar-refractivity contribution in [2.24, 2.45) is 11.8 Å². The van der Waals surface area contributed by atoms with Crippen molar-refractivity contribution in [2.45, 2.75) is 71.8 Å². The van der Waals surface area contributed by atoms with Crippen LogP contribution in [0, 0.1) is 11.8 Å². The molecular weight excluding hydrogens is 254 g/mol. The second kappa shape index (κ2) is 8.58. The zero-order valence-corrected chi connectivity index (χ0v) is 14.2. The Morgan fingerprint density at radius 1 is 1.00 bits per heavy atom. The first-order valence-corrected chi connectivity index (χ1v) is 9.10. The van der Waals surface area contributed by atoms with Crippen molar-refractivity contribution in [3.05, 3.63) is 35.4 Å². The van der Waals surface area contributed by atoms with Gasteiger partial charge in [-0.1, -0.05) is 70.7 Å². The molecule has 0 heterocycles. The Balaban J connectivity index is 2.04. The first kappa shape index (κ1) is 16.5. The lowest BCUT2D eigenvalue weighted by molar-refractivity contribution is 0.220. The number of benzene rings is 1. The van der Waals surface area contributed by atoms with Gasteiger partial charge in [0.2, 0.25) is 0 Å². The molecule has 0 spiro atoms. The summed E-state index contributed by atoms with van der Waals surface area (Å²) in [6, 6.07) is 9.96. The third kappa shape index (κ3) is 4.57. The zero-order valence-electron chi connectivity index (χ0n) is 14.2. The molecule has 0 amide bonds. The monoisotopic (exact) mass is 287 g/mol. The minimum atomic E-state index is 0.559. The van der Waals surface area contributed by atoms with Gasteiger partial charge in [0, 0.05) is 6.04 Å². The van der Waals surface area contributed by atoms with Gasteiger partial charge in [0.1, 0.15) is 0 Å². The Hall–Kier alpha value is -0.820. The molecule has 0 aliphatic heterocycles. The Morgan fingerprint density at radius 3 is 2.19 bits per heavy atom. The third-order valence-electron chi connectivity index (χ3n) is 5.24. The number of rotatable bonds is 7.